The second-order valence-corrected chi connectivity index (χ2v) is 9.77. The SMILES string of the molecule is CCCC(=O)N(CCN(C)C)c1ccc(N=C(c2ccccc2)c2c(O)[nH]c3cc(C(=O)OCC)ccc23)cc1. The van der Waals surface area contributed by atoms with E-state index in [0.717, 1.165) is 29.6 Å². The van der Waals surface area contributed by atoms with Crippen molar-refractivity contribution in [1.82, 2.24) is 9.88 Å². The monoisotopic (exact) mass is 540 g/mol. The number of nitrogens with zero attached hydrogens (tertiary/aromatic N) is 3. The number of hydrogen-bond donors (Lipinski definition) is 2. The first-order chi connectivity index (χ1) is 19.3. The van der Waals surface area contributed by atoms with Gasteiger partial charge in [0.05, 0.1) is 29.1 Å². The molecule has 40 heavy (non-hydrogen) atoms. The van der Waals surface area contributed by atoms with Gasteiger partial charge >= 0.3 is 5.97 Å². The zero-order chi connectivity index (χ0) is 28.6. The maximum Gasteiger partial charge on any atom is 0.338 e. The minimum atomic E-state index is -0.422. The molecule has 8 heteroatoms. The summed E-state index contributed by atoms with van der Waals surface area (Å²) in [6.45, 7) is 5.39. The number of aromatic hydroxyl groups is 1. The van der Waals surface area contributed by atoms with E-state index in [4.69, 9.17) is 9.73 Å². The number of ether oxygens (including phenoxy) is 1. The normalized spacial score (nSPS) is 11.7. The standard InChI is InChI=1S/C32H36N4O4/c1-5-10-28(37)36(20-19-35(3)4)25-16-14-24(15-17-25)33-30(22-11-8-7-9-12-22)29-26-18-13-23(32(39)40-6-2)21-27(26)34-31(29)38/h7-9,11-18,21,34,38H,5-6,10,19-20H2,1-4H3. The maximum atomic E-state index is 12.8. The molecule has 0 saturated heterocycles. The summed E-state index contributed by atoms with van der Waals surface area (Å²) in [5.74, 6) is -0.374. The second kappa shape index (κ2) is 13.1. The maximum absolute atomic E-state index is 12.8. The highest BCUT2D eigenvalue weighted by atomic mass is 16.5. The van der Waals surface area contributed by atoms with Gasteiger partial charge in [-0.05, 0) is 63.8 Å². The summed E-state index contributed by atoms with van der Waals surface area (Å²) in [5, 5.41) is 11.7. The van der Waals surface area contributed by atoms with Gasteiger partial charge in [0.1, 0.15) is 0 Å². The number of rotatable bonds is 11. The number of likely N-dealkylation sites (N-methyl/N-ethyl adjacent to an activating group) is 1. The van der Waals surface area contributed by atoms with E-state index in [1.807, 2.05) is 80.5 Å². The molecule has 0 bridgehead atoms. The Morgan fingerprint density at radius 2 is 1.65 bits per heavy atom. The van der Waals surface area contributed by atoms with Crippen LogP contribution in [0.15, 0.2) is 77.8 Å². The second-order valence-electron chi connectivity index (χ2n) is 9.77. The minimum absolute atomic E-state index is 0.0461. The zero-order valence-corrected chi connectivity index (χ0v) is 23.5. The molecule has 0 atom stereocenters. The van der Waals surface area contributed by atoms with Crippen LogP contribution in [-0.2, 0) is 9.53 Å². The molecule has 0 aliphatic rings. The van der Waals surface area contributed by atoms with Crippen LogP contribution in [0.5, 0.6) is 5.88 Å². The fourth-order valence-electron chi connectivity index (χ4n) is 4.51. The van der Waals surface area contributed by atoms with E-state index in [2.05, 4.69) is 9.88 Å². The van der Waals surface area contributed by atoms with Gasteiger partial charge in [-0.15, -0.1) is 0 Å². The Morgan fingerprint density at radius 3 is 2.30 bits per heavy atom. The molecule has 1 aromatic heterocycles. The number of aromatic nitrogens is 1. The van der Waals surface area contributed by atoms with Crippen molar-refractivity contribution >= 4 is 39.9 Å². The van der Waals surface area contributed by atoms with Gasteiger partial charge in [-0.1, -0.05) is 43.3 Å². The van der Waals surface area contributed by atoms with Crippen molar-refractivity contribution in [3.63, 3.8) is 0 Å². The van der Waals surface area contributed by atoms with Crippen LogP contribution in [0.4, 0.5) is 11.4 Å². The van der Waals surface area contributed by atoms with Crippen LogP contribution in [0.1, 0.15) is 48.2 Å². The lowest BCUT2D eigenvalue weighted by Gasteiger charge is -2.24. The molecule has 2 N–H and O–H groups in total. The molecule has 0 spiro atoms. The van der Waals surface area contributed by atoms with E-state index in [1.54, 1.807) is 25.1 Å². The lowest BCUT2D eigenvalue weighted by Crippen LogP contribution is -2.36. The first-order valence-corrected chi connectivity index (χ1v) is 13.5. The largest absolute Gasteiger partial charge is 0.494 e. The molecule has 0 unspecified atom stereocenters. The summed E-state index contributed by atoms with van der Waals surface area (Å²) in [6, 6.07) is 22.3. The van der Waals surface area contributed by atoms with Crippen LogP contribution in [-0.4, -0.2) is 66.4 Å². The highest BCUT2D eigenvalue weighted by Gasteiger charge is 2.20. The summed E-state index contributed by atoms with van der Waals surface area (Å²) >= 11 is 0. The molecule has 3 aromatic carbocycles. The van der Waals surface area contributed by atoms with Gasteiger partial charge in [-0.2, -0.15) is 0 Å². The van der Waals surface area contributed by atoms with Crippen LogP contribution in [0.2, 0.25) is 0 Å². The van der Waals surface area contributed by atoms with Gasteiger partial charge in [-0.25, -0.2) is 9.79 Å². The summed E-state index contributed by atoms with van der Waals surface area (Å²) in [7, 11) is 3.98. The van der Waals surface area contributed by atoms with Crippen LogP contribution < -0.4 is 4.90 Å². The molecule has 0 saturated carbocycles. The molecule has 8 nitrogen and oxygen atoms in total. The van der Waals surface area contributed by atoms with Gasteiger partial charge in [0.2, 0.25) is 5.91 Å². The number of carbonyl (C=O) groups is 2. The third kappa shape index (κ3) is 6.58. The average molecular weight is 541 g/mol. The smallest absolute Gasteiger partial charge is 0.338 e. The Labute approximate surface area is 234 Å². The number of benzene rings is 3. The van der Waals surface area contributed by atoms with Crippen LogP contribution >= 0.6 is 0 Å². The minimum Gasteiger partial charge on any atom is -0.494 e. The van der Waals surface area contributed by atoms with Crippen LogP contribution in [0.3, 0.4) is 0 Å². The summed E-state index contributed by atoms with van der Waals surface area (Å²) in [6.07, 6.45) is 1.28. The van der Waals surface area contributed by atoms with E-state index < -0.39 is 5.97 Å². The van der Waals surface area contributed by atoms with Crippen molar-refractivity contribution in [2.45, 2.75) is 26.7 Å². The van der Waals surface area contributed by atoms with Crippen molar-refractivity contribution < 1.29 is 19.4 Å². The van der Waals surface area contributed by atoms with Crippen molar-refractivity contribution in [3.05, 3.63) is 89.5 Å². The first-order valence-electron chi connectivity index (χ1n) is 13.5. The van der Waals surface area contributed by atoms with E-state index in [-0.39, 0.29) is 18.4 Å². The highest BCUT2D eigenvalue weighted by Crippen LogP contribution is 2.32. The molecular weight excluding hydrogens is 504 g/mol. The van der Waals surface area contributed by atoms with E-state index in [9.17, 15) is 14.7 Å². The topological polar surface area (TPSA) is 98.2 Å². The number of amides is 1. The van der Waals surface area contributed by atoms with Crippen LogP contribution in [0.25, 0.3) is 10.9 Å². The lowest BCUT2D eigenvalue weighted by molar-refractivity contribution is -0.118. The Morgan fingerprint density at radius 1 is 0.925 bits per heavy atom. The van der Waals surface area contributed by atoms with Gasteiger partial charge in [0, 0.05) is 41.7 Å². The summed E-state index contributed by atoms with van der Waals surface area (Å²) < 4.78 is 5.13. The molecule has 0 fully saturated rings. The lowest BCUT2D eigenvalue weighted by atomic mass is 10.00. The zero-order valence-electron chi connectivity index (χ0n) is 23.5. The van der Waals surface area contributed by atoms with Gasteiger partial charge < -0.3 is 24.6 Å². The molecule has 1 heterocycles. The number of anilines is 1. The summed E-state index contributed by atoms with van der Waals surface area (Å²) in [5.41, 5.74) is 4.43. The highest BCUT2D eigenvalue weighted by molar-refractivity contribution is 6.22. The van der Waals surface area contributed by atoms with Crippen molar-refractivity contribution in [3.8, 4) is 5.88 Å². The molecule has 208 valence electrons. The average Bonchev–Trinajstić information content (AvgIpc) is 3.27. The fraction of sp³-hybridized carbons (Fsp3) is 0.281. The Bertz CT molecular complexity index is 1490. The van der Waals surface area contributed by atoms with Gasteiger partial charge in [0.25, 0.3) is 0 Å². The number of esters is 1. The number of carbonyl (C=O) groups excluding carboxylic acids is 2. The number of H-pyrrole nitrogens is 1. The van der Waals surface area contributed by atoms with E-state index in [0.29, 0.717) is 41.0 Å². The fourth-order valence-corrected chi connectivity index (χ4v) is 4.51. The van der Waals surface area contributed by atoms with Crippen molar-refractivity contribution in [2.75, 3.05) is 38.7 Å². The quantitative estimate of drug-likeness (QED) is 0.182. The Balaban J connectivity index is 1.76. The molecule has 4 aromatic rings. The number of hydrogen-bond acceptors (Lipinski definition) is 6. The summed E-state index contributed by atoms with van der Waals surface area (Å²) in [4.78, 5) is 36.9. The van der Waals surface area contributed by atoms with Crippen LogP contribution in [0, 0.1) is 0 Å². The Hall–Kier alpha value is -4.43. The molecule has 1 amide bonds. The molecular formula is C32H36N4O4. The van der Waals surface area contributed by atoms with Crippen molar-refractivity contribution in [2.24, 2.45) is 4.99 Å². The van der Waals surface area contributed by atoms with Gasteiger partial charge in [-0.3, -0.25) is 4.79 Å². The first kappa shape index (κ1) is 28.6. The van der Waals surface area contributed by atoms with E-state index in [1.165, 1.54) is 0 Å². The van der Waals surface area contributed by atoms with Crippen molar-refractivity contribution in [1.29, 1.82) is 0 Å². The Kier molecular flexibility index (Phi) is 9.35. The number of aromatic amines is 1. The predicted molar refractivity (Wildman–Crippen MR) is 160 cm³/mol. The number of nitrogens with one attached hydrogen (secondary N) is 1. The molecule has 0 radical (unpaired) electrons. The number of aliphatic imine (C=N–C) groups is 1. The number of fused-ring (bicyclic) bond motifs is 1. The molecule has 0 aliphatic carbocycles. The molecule has 0 aliphatic heterocycles. The van der Waals surface area contributed by atoms with Gasteiger partial charge in [0.15, 0.2) is 5.88 Å². The third-order valence-corrected chi connectivity index (χ3v) is 6.51. The third-order valence-electron chi connectivity index (χ3n) is 6.51. The molecule has 4 rings (SSSR count). The van der Waals surface area contributed by atoms with E-state index >= 15 is 0 Å². The predicted octanol–water partition coefficient (Wildman–Crippen LogP) is 5.91.